The Morgan fingerprint density at radius 2 is 1.95 bits per heavy atom. The molecule has 1 saturated heterocycles. The van der Waals surface area contributed by atoms with E-state index in [1.165, 1.54) is 7.11 Å². The molecular formula is C14H17BrO6. The Morgan fingerprint density at radius 3 is 2.52 bits per heavy atom. The smallest absolute Gasteiger partial charge is 0.338 e. The van der Waals surface area contributed by atoms with E-state index in [1.54, 1.807) is 30.3 Å². The summed E-state index contributed by atoms with van der Waals surface area (Å²) in [5, 5.41) is 20.3. The molecule has 7 heteroatoms. The van der Waals surface area contributed by atoms with E-state index < -0.39 is 36.7 Å². The van der Waals surface area contributed by atoms with Crippen molar-refractivity contribution in [2.24, 2.45) is 0 Å². The predicted octanol–water partition coefficient (Wildman–Crippen LogP) is 0.700. The topological polar surface area (TPSA) is 85.2 Å². The quantitative estimate of drug-likeness (QED) is 0.607. The maximum absolute atomic E-state index is 12.1. The van der Waals surface area contributed by atoms with Crippen molar-refractivity contribution in [2.75, 3.05) is 12.4 Å². The normalized spacial score (nSPS) is 32.7. The maximum atomic E-state index is 12.1. The van der Waals surface area contributed by atoms with Crippen LogP contribution in [-0.4, -0.2) is 59.3 Å². The van der Waals surface area contributed by atoms with Crippen molar-refractivity contribution in [3.8, 4) is 0 Å². The zero-order chi connectivity index (χ0) is 15.4. The molecule has 0 bridgehead atoms. The van der Waals surface area contributed by atoms with Crippen LogP contribution in [0.15, 0.2) is 30.3 Å². The fourth-order valence-corrected chi connectivity index (χ4v) is 2.66. The van der Waals surface area contributed by atoms with E-state index in [4.69, 9.17) is 14.2 Å². The van der Waals surface area contributed by atoms with Crippen LogP contribution in [0, 0.1) is 0 Å². The van der Waals surface area contributed by atoms with Gasteiger partial charge in [-0.15, -0.1) is 0 Å². The summed E-state index contributed by atoms with van der Waals surface area (Å²) >= 11 is 3.24. The highest BCUT2D eigenvalue weighted by atomic mass is 79.9. The lowest BCUT2D eigenvalue weighted by atomic mass is 9.99. The van der Waals surface area contributed by atoms with Gasteiger partial charge >= 0.3 is 5.97 Å². The number of benzene rings is 1. The summed E-state index contributed by atoms with van der Waals surface area (Å²) in [6.45, 7) is 0. The average molecular weight is 361 g/mol. The number of rotatable bonds is 4. The first-order valence-corrected chi connectivity index (χ1v) is 7.57. The summed E-state index contributed by atoms with van der Waals surface area (Å²) in [4.78, 5) is 12.1. The lowest BCUT2D eigenvalue weighted by Crippen LogP contribution is -2.59. The number of alkyl halides is 1. The van der Waals surface area contributed by atoms with Crippen LogP contribution in [-0.2, 0) is 14.2 Å². The fraction of sp³-hybridized carbons (Fsp3) is 0.500. The monoisotopic (exact) mass is 360 g/mol. The van der Waals surface area contributed by atoms with Crippen molar-refractivity contribution < 1.29 is 29.2 Å². The Bertz CT molecular complexity index is 466. The van der Waals surface area contributed by atoms with Gasteiger partial charge in [-0.05, 0) is 12.1 Å². The summed E-state index contributed by atoms with van der Waals surface area (Å²) in [7, 11) is 1.36. The third kappa shape index (κ3) is 3.61. The number of aliphatic hydroxyl groups is 2. The van der Waals surface area contributed by atoms with E-state index in [0.29, 0.717) is 10.9 Å². The molecule has 0 saturated carbocycles. The minimum absolute atomic E-state index is 0.323. The first kappa shape index (κ1) is 16.4. The van der Waals surface area contributed by atoms with Crippen LogP contribution < -0.4 is 0 Å². The minimum Gasteiger partial charge on any atom is -0.453 e. The van der Waals surface area contributed by atoms with Crippen LogP contribution in [0.3, 0.4) is 0 Å². The number of methoxy groups -OCH3 is 1. The van der Waals surface area contributed by atoms with Crippen molar-refractivity contribution in [2.45, 2.75) is 30.7 Å². The van der Waals surface area contributed by atoms with Gasteiger partial charge < -0.3 is 24.4 Å². The Balaban J connectivity index is 2.11. The molecule has 0 radical (unpaired) electrons. The van der Waals surface area contributed by atoms with Gasteiger partial charge in [0.2, 0.25) is 0 Å². The number of aliphatic hydroxyl groups excluding tert-OH is 2. The fourth-order valence-electron chi connectivity index (χ4n) is 2.14. The molecule has 116 valence electrons. The van der Waals surface area contributed by atoms with Crippen molar-refractivity contribution in [3.63, 3.8) is 0 Å². The van der Waals surface area contributed by atoms with E-state index >= 15 is 0 Å². The zero-order valence-electron chi connectivity index (χ0n) is 11.4. The number of hydrogen-bond donors (Lipinski definition) is 2. The molecule has 21 heavy (non-hydrogen) atoms. The summed E-state index contributed by atoms with van der Waals surface area (Å²) in [6, 6.07) is 8.42. The molecule has 1 aliphatic heterocycles. The Hall–Kier alpha value is -0.990. The van der Waals surface area contributed by atoms with Crippen molar-refractivity contribution in [3.05, 3.63) is 35.9 Å². The molecule has 2 N–H and O–H groups in total. The standard InChI is InChI=1S/C14H17BrO6/c1-19-14-11(17)10(16)12(9(7-15)20-14)21-13(18)8-5-3-2-4-6-8/h2-6,9-12,14,16-17H,7H2,1H3/t9-,10-,11-,12-,14-/m1/s1. The molecule has 5 atom stereocenters. The summed E-state index contributed by atoms with van der Waals surface area (Å²) in [5.74, 6) is -0.586. The molecule has 1 aliphatic rings. The number of ether oxygens (including phenoxy) is 3. The summed E-state index contributed by atoms with van der Waals surface area (Å²) in [5.41, 5.74) is 0.362. The molecule has 0 aliphatic carbocycles. The molecule has 0 amide bonds. The first-order chi connectivity index (χ1) is 10.1. The van der Waals surface area contributed by atoms with Crippen LogP contribution in [0.1, 0.15) is 10.4 Å². The SMILES string of the molecule is CO[C@@H]1O[C@H](CBr)[C@@H](OC(=O)c2ccccc2)[C@H](O)[C@H]1O. The van der Waals surface area contributed by atoms with E-state index in [2.05, 4.69) is 15.9 Å². The van der Waals surface area contributed by atoms with Crippen molar-refractivity contribution in [1.82, 2.24) is 0 Å². The number of carbonyl (C=O) groups excluding carboxylic acids is 1. The highest BCUT2D eigenvalue weighted by molar-refractivity contribution is 9.09. The maximum Gasteiger partial charge on any atom is 0.338 e. The molecule has 0 aromatic heterocycles. The Kier molecular flexibility index (Phi) is 5.72. The minimum atomic E-state index is -1.29. The van der Waals surface area contributed by atoms with Gasteiger partial charge in [0.1, 0.15) is 18.3 Å². The highest BCUT2D eigenvalue weighted by Crippen LogP contribution is 2.26. The molecule has 0 unspecified atom stereocenters. The second-order valence-corrected chi connectivity index (χ2v) is 5.30. The van der Waals surface area contributed by atoms with E-state index in [9.17, 15) is 15.0 Å². The van der Waals surface area contributed by atoms with Gasteiger partial charge in [-0.2, -0.15) is 0 Å². The zero-order valence-corrected chi connectivity index (χ0v) is 13.0. The second kappa shape index (κ2) is 7.33. The highest BCUT2D eigenvalue weighted by Gasteiger charge is 2.46. The molecule has 1 heterocycles. The van der Waals surface area contributed by atoms with Gasteiger partial charge in [0.15, 0.2) is 12.4 Å². The van der Waals surface area contributed by atoms with Gasteiger partial charge in [-0.25, -0.2) is 4.79 Å². The van der Waals surface area contributed by atoms with Gasteiger partial charge in [-0.1, -0.05) is 34.1 Å². The number of carbonyl (C=O) groups is 1. The van der Waals surface area contributed by atoms with Crippen LogP contribution in [0.4, 0.5) is 0 Å². The van der Waals surface area contributed by atoms with Gasteiger partial charge in [-0.3, -0.25) is 0 Å². The van der Waals surface area contributed by atoms with Crippen LogP contribution >= 0.6 is 15.9 Å². The second-order valence-electron chi connectivity index (χ2n) is 4.65. The molecule has 1 aromatic carbocycles. The lowest BCUT2D eigenvalue weighted by Gasteiger charge is -2.40. The molecule has 1 aromatic rings. The first-order valence-electron chi connectivity index (χ1n) is 6.45. The lowest BCUT2D eigenvalue weighted by molar-refractivity contribution is -0.284. The van der Waals surface area contributed by atoms with Crippen LogP contribution in [0.25, 0.3) is 0 Å². The molecule has 0 spiro atoms. The van der Waals surface area contributed by atoms with E-state index in [0.717, 1.165) is 0 Å². The Morgan fingerprint density at radius 1 is 1.29 bits per heavy atom. The van der Waals surface area contributed by atoms with Gasteiger partial charge in [0, 0.05) is 12.4 Å². The number of hydrogen-bond acceptors (Lipinski definition) is 6. The van der Waals surface area contributed by atoms with Crippen LogP contribution in [0.5, 0.6) is 0 Å². The molecular weight excluding hydrogens is 344 g/mol. The third-order valence-electron chi connectivity index (χ3n) is 3.28. The molecule has 6 nitrogen and oxygen atoms in total. The van der Waals surface area contributed by atoms with E-state index in [-0.39, 0.29) is 0 Å². The van der Waals surface area contributed by atoms with Crippen molar-refractivity contribution >= 4 is 21.9 Å². The van der Waals surface area contributed by atoms with Gasteiger partial charge in [0.25, 0.3) is 0 Å². The van der Waals surface area contributed by atoms with E-state index in [1.807, 2.05) is 0 Å². The number of halogens is 1. The summed E-state index contributed by atoms with van der Waals surface area (Å²) < 4.78 is 15.7. The molecule has 1 fully saturated rings. The third-order valence-corrected chi connectivity index (χ3v) is 3.92. The van der Waals surface area contributed by atoms with Crippen molar-refractivity contribution in [1.29, 1.82) is 0 Å². The largest absolute Gasteiger partial charge is 0.453 e. The summed E-state index contributed by atoms with van der Waals surface area (Å²) in [6.07, 6.45) is -5.16. The number of esters is 1. The predicted molar refractivity (Wildman–Crippen MR) is 77.1 cm³/mol. The Labute approximate surface area is 130 Å². The van der Waals surface area contributed by atoms with Crippen LogP contribution in [0.2, 0.25) is 0 Å². The average Bonchev–Trinajstić information content (AvgIpc) is 2.53. The van der Waals surface area contributed by atoms with Gasteiger partial charge in [0.05, 0.1) is 5.56 Å². The molecule has 2 rings (SSSR count).